The third-order valence-corrected chi connectivity index (χ3v) is 6.37. The number of rotatable bonds is 9. The largest absolute Gasteiger partial charge is 0.482 e. The molecule has 0 spiro atoms. The second kappa shape index (κ2) is 11.9. The van der Waals surface area contributed by atoms with Crippen molar-refractivity contribution < 1.29 is 9.53 Å². The van der Waals surface area contributed by atoms with Gasteiger partial charge in [0, 0.05) is 6.54 Å². The molecule has 190 valence electrons. The number of hydrogen-bond acceptors (Lipinski definition) is 6. The number of hydrogen-bond donors (Lipinski definition) is 2. The summed E-state index contributed by atoms with van der Waals surface area (Å²) in [4.78, 5) is 42.7. The lowest BCUT2D eigenvalue weighted by atomic mass is 9.97. The molecule has 0 bridgehead atoms. The van der Waals surface area contributed by atoms with Crippen molar-refractivity contribution in [3.63, 3.8) is 0 Å². The van der Waals surface area contributed by atoms with Crippen LogP contribution in [-0.2, 0) is 11.3 Å². The number of aromatic amines is 1. The third kappa shape index (κ3) is 6.16. The molecule has 1 aliphatic carbocycles. The number of aromatic nitrogens is 2. The fourth-order valence-corrected chi connectivity index (χ4v) is 4.41. The molecule has 37 heavy (non-hydrogen) atoms. The molecule has 0 aliphatic heterocycles. The van der Waals surface area contributed by atoms with E-state index in [2.05, 4.69) is 11.1 Å². The highest BCUT2D eigenvalue weighted by Gasteiger charge is 2.25. The molecule has 3 aromatic rings. The van der Waals surface area contributed by atoms with E-state index < -0.39 is 23.8 Å². The van der Waals surface area contributed by atoms with E-state index >= 15 is 0 Å². The number of allylic oxidation sites excluding steroid dienone is 1. The summed E-state index contributed by atoms with van der Waals surface area (Å²) in [6.07, 6.45) is 6.89. The van der Waals surface area contributed by atoms with Crippen molar-refractivity contribution in [2.24, 2.45) is 0 Å². The van der Waals surface area contributed by atoms with Crippen LogP contribution in [0.2, 0.25) is 0 Å². The zero-order valence-electron chi connectivity index (χ0n) is 20.5. The zero-order chi connectivity index (χ0) is 26.2. The molecule has 0 atom stereocenters. The van der Waals surface area contributed by atoms with Crippen molar-refractivity contribution in [1.29, 1.82) is 5.26 Å². The molecule has 0 fully saturated rings. The fourth-order valence-electron chi connectivity index (χ4n) is 4.41. The highest BCUT2D eigenvalue weighted by molar-refractivity contribution is 5.96. The quantitative estimate of drug-likeness (QED) is 0.434. The Balaban J connectivity index is 1.67. The first kappa shape index (κ1) is 25.5. The molecule has 0 saturated carbocycles. The van der Waals surface area contributed by atoms with E-state index in [0.717, 1.165) is 31.2 Å². The number of nitriles is 1. The Labute approximate surface area is 214 Å². The van der Waals surface area contributed by atoms with E-state index in [4.69, 9.17) is 10.5 Å². The van der Waals surface area contributed by atoms with Crippen molar-refractivity contribution in [3.8, 4) is 11.8 Å². The van der Waals surface area contributed by atoms with Crippen LogP contribution in [0.5, 0.6) is 5.75 Å². The van der Waals surface area contributed by atoms with Gasteiger partial charge in [-0.15, -0.1) is 0 Å². The zero-order valence-corrected chi connectivity index (χ0v) is 20.5. The van der Waals surface area contributed by atoms with Crippen LogP contribution >= 0.6 is 0 Å². The molecule has 3 N–H and O–H groups in total. The molecular formula is C28H29N5O4. The maximum atomic E-state index is 13.5. The molecule has 0 radical (unpaired) electrons. The summed E-state index contributed by atoms with van der Waals surface area (Å²) in [5, 5.41) is 9.32. The molecule has 9 heteroatoms. The summed E-state index contributed by atoms with van der Waals surface area (Å²) < 4.78 is 6.91. The van der Waals surface area contributed by atoms with Crippen molar-refractivity contribution in [2.45, 2.75) is 38.6 Å². The van der Waals surface area contributed by atoms with Gasteiger partial charge < -0.3 is 15.4 Å². The lowest BCUT2D eigenvalue weighted by Gasteiger charge is -2.25. The van der Waals surface area contributed by atoms with E-state index in [0.29, 0.717) is 12.0 Å². The minimum atomic E-state index is -0.741. The van der Waals surface area contributed by atoms with Gasteiger partial charge in [0.2, 0.25) is 0 Å². The van der Waals surface area contributed by atoms with Crippen LogP contribution in [0, 0.1) is 11.3 Å². The summed E-state index contributed by atoms with van der Waals surface area (Å²) in [7, 11) is 0. The van der Waals surface area contributed by atoms with E-state index in [-0.39, 0.29) is 30.3 Å². The number of carbonyl (C=O) groups is 1. The van der Waals surface area contributed by atoms with Gasteiger partial charge in [-0.1, -0.05) is 54.1 Å². The molecule has 9 nitrogen and oxygen atoms in total. The highest BCUT2D eigenvalue weighted by atomic mass is 16.5. The summed E-state index contributed by atoms with van der Waals surface area (Å²) in [6.45, 7) is -0.0757. The van der Waals surface area contributed by atoms with Gasteiger partial charge in [0.05, 0.1) is 12.1 Å². The average molecular weight is 500 g/mol. The maximum Gasteiger partial charge on any atom is 0.330 e. The van der Waals surface area contributed by atoms with Gasteiger partial charge in [-0.2, -0.15) is 5.26 Å². The van der Waals surface area contributed by atoms with Gasteiger partial charge in [-0.25, -0.2) is 4.79 Å². The molecule has 2 aromatic carbocycles. The Kier molecular flexibility index (Phi) is 8.21. The number of nitrogen functional groups attached to an aromatic ring is 1. The highest BCUT2D eigenvalue weighted by Crippen LogP contribution is 2.24. The molecule has 1 aromatic heterocycles. The first-order valence-electron chi connectivity index (χ1n) is 12.2. The summed E-state index contributed by atoms with van der Waals surface area (Å²) >= 11 is 0. The minimum Gasteiger partial charge on any atom is -0.482 e. The topological polar surface area (TPSA) is 134 Å². The van der Waals surface area contributed by atoms with E-state index in [9.17, 15) is 19.6 Å². The predicted octanol–water partition coefficient (Wildman–Crippen LogP) is 3.34. The van der Waals surface area contributed by atoms with Crippen LogP contribution in [0.4, 0.5) is 11.5 Å². The molecule has 0 unspecified atom stereocenters. The first-order chi connectivity index (χ1) is 18.0. The first-order valence-corrected chi connectivity index (χ1v) is 12.2. The number of para-hydroxylation sites is 1. The van der Waals surface area contributed by atoms with Gasteiger partial charge in [-0.3, -0.25) is 19.1 Å². The summed E-state index contributed by atoms with van der Waals surface area (Å²) in [5.41, 5.74) is 7.22. The van der Waals surface area contributed by atoms with Gasteiger partial charge in [0.15, 0.2) is 12.3 Å². The SMILES string of the molecule is N#Cc1ccccc1OCC(=O)N(CCC1=CCCCC1)c1c(N)n(Cc2ccccc2)c(=O)[nH]c1=O. The molecular weight excluding hydrogens is 470 g/mol. The van der Waals surface area contributed by atoms with E-state index in [1.165, 1.54) is 15.0 Å². The van der Waals surface area contributed by atoms with E-state index in [1.54, 1.807) is 24.3 Å². The van der Waals surface area contributed by atoms with Crippen LogP contribution in [0.15, 0.2) is 75.8 Å². The van der Waals surface area contributed by atoms with Crippen molar-refractivity contribution in [3.05, 3.63) is 98.2 Å². The standard InChI is InChI=1S/C28H29N5O4/c29-17-22-13-7-8-14-23(22)37-19-24(34)32(16-15-20-9-3-1-4-10-20)25-26(30)33(28(36)31-27(25)35)18-21-11-5-2-6-12-21/h2,5-9,11-14H,1,3-4,10,15-16,18-19,30H2,(H,31,35,36). The lowest BCUT2D eigenvalue weighted by molar-refractivity contribution is -0.120. The fraction of sp³-hybridized carbons (Fsp3) is 0.286. The lowest BCUT2D eigenvalue weighted by Crippen LogP contribution is -2.43. The molecule has 1 amide bonds. The van der Waals surface area contributed by atoms with Gasteiger partial charge in [-0.05, 0) is 49.8 Å². The van der Waals surface area contributed by atoms with Crippen LogP contribution in [0.1, 0.15) is 43.2 Å². The second-order valence-corrected chi connectivity index (χ2v) is 8.87. The maximum absolute atomic E-state index is 13.5. The van der Waals surface area contributed by atoms with Crippen LogP contribution in [0.25, 0.3) is 0 Å². The number of nitrogens with zero attached hydrogens (tertiary/aromatic N) is 3. The van der Waals surface area contributed by atoms with Crippen LogP contribution < -0.4 is 26.6 Å². The minimum absolute atomic E-state index is 0.0888. The van der Waals surface area contributed by atoms with Crippen molar-refractivity contribution in [1.82, 2.24) is 9.55 Å². The number of nitrogens with one attached hydrogen (secondary N) is 1. The molecule has 0 saturated heterocycles. The smallest absolute Gasteiger partial charge is 0.330 e. The molecule has 1 heterocycles. The Morgan fingerprint density at radius 3 is 2.59 bits per heavy atom. The Morgan fingerprint density at radius 1 is 1.11 bits per heavy atom. The van der Waals surface area contributed by atoms with Crippen LogP contribution in [0.3, 0.4) is 0 Å². The number of amides is 1. The summed E-state index contributed by atoms with van der Waals surface area (Å²) in [5.74, 6) is -0.337. The molecule has 4 rings (SSSR count). The van der Waals surface area contributed by atoms with Crippen molar-refractivity contribution in [2.75, 3.05) is 23.8 Å². The predicted molar refractivity (Wildman–Crippen MR) is 141 cm³/mol. The normalized spacial score (nSPS) is 12.9. The Morgan fingerprint density at radius 2 is 1.86 bits per heavy atom. The number of anilines is 2. The summed E-state index contributed by atoms with van der Waals surface area (Å²) in [6, 6.07) is 17.9. The van der Waals surface area contributed by atoms with E-state index in [1.807, 2.05) is 36.4 Å². The van der Waals surface area contributed by atoms with Gasteiger partial charge in [0.1, 0.15) is 17.6 Å². The second-order valence-electron chi connectivity index (χ2n) is 8.87. The number of carbonyl (C=O) groups excluding carboxylic acids is 1. The average Bonchev–Trinajstić information content (AvgIpc) is 2.92. The van der Waals surface area contributed by atoms with Crippen molar-refractivity contribution >= 4 is 17.4 Å². The Hall–Kier alpha value is -4.58. The number of H-pyrrole nitrogens is 1. The Bertz CT molecular complexity index is 1450. The number of ether oxygens (including phenoxy) is 1. The number of nitrogens with two attached hydrogens (primary N) is 1. The monoisotopic (exact) mass is 499 g/mol. The third-order valence-electron chi connectivity index (χ3n) is 6.37. The van der Waals surface area contributed by atoms with Crippen LogP contribution in [-0.4, -0.2) is 28.6 Å². The molecule has 1 aliphatic rings. The van der Waals surface area contributed by atoms with Gasteiger partial charge >= 0.3 is 5.69 Å². The van der Waals surface area contributed by atoms with Gasteiger partial charge in [0.25, 0.3) is 11.5 Å². The number of benzene rings is 2.